The Hall–Kier alpha value is -2.26. The number of nitrogens with one attached hydrogen (secondary N) is 1. The van der Waals surface area contributed by atoms with Crippen molar-refractivity contribution >= 4 is 27.8 Å². The minimum atomic E-state index is -3.86. The Balaban J connectivity index is 1.85. The van der Waals surface area contributed by atoms with E-state index in [4.69, 9.17) is 4.74 Å². The van der Waals surface area contributed by atoms with E-state index in [1.165, 1.54) is 12.1 Å². The zero-order valence-electron chi connectivity index (χ0n) is 14.1. The highest BCUT2D eigenvalue weighted by atomic mass is 32.2. The van der Waals surface area contributed by atoms with E-state index >= 15 is 0 Å². The zero-order valence-corrected chi connectivity index (χ0v) is 14.9. The van der Waals surface area contributed by atoms with Crippen molar-refractivity contribution in [2.24, 2.45) is 0 Å². The molecule has 0 radical (unpaired) electrons. The molecule has 1 N–H and O–H groups in total. The molecule has 1 saturated heterocycles. The van der Waals surface area contributed by atoms with E-state index in [2.05, 4.69) is 4.72 Å². The number of ether oxygens (including phenoxy) is 1. The quantitative estimate of drug-likeness (QED) is 0.722. The van der Waals surface area contributed by atoms with Gasteiger partial charge in [-0.1, -0.05) is 6.07 Å². The number of aryl methyl sites for hydroxylation is 2. The van der Waals surface area contributed by atoms with E-state index in [0.717, 1.165) is 16.0 Å². The SMILES string of the molecule is Cc1ccc(S(=O)(=O)NCC(=O)OCC(=O)N2CCCC2=O)cc1C. The van der Waals surface area contributed by atoms with Gasteiger partial charge in [-0.2, -0.15) is 4.72 Å². The Morgan fingerprint density at radius 3 is 2.56 bits per heavy atom. The lowest BCUT2D eigenvalue weighted by Gasteiger charge is -2.13. The first-order valence-corrected chi connectivity index (χ1v) is 9.25. The molecule has 25 heavy (non-hydrogen) atoms. The third-order valence-corrected chi connectivity index (χ3v) is 5.33. The summed E-state index contributed by atoms with van der Waals surface area (Å²) < 4.78 is 31.2. The van der Waals surface area contributed by atoms with Crippen LogP contribution < -0.4 is 4.72 Å². The van der Waals surface area contributed by atoms with Gasteiger partial charge in [0.2, 0.25) is 15.9 Å². The van der Waals surface area contributed by atoms with Gasteiger partial charge in [0.15, 0.2) is 6.61 Å². The van der Waals surface area contributed by atoms with E-state index < -0.39 is 35.1 Å². The minimum Gasteiger partial charge on any atom is -0.455 e. The maximum absolute atomic E-state index is 12.2. The number of carbonyl (C=O) groups is 3. The molecule has 2 rings (SSSR count). The van der Waals surface area contributed by atoms with Crippen LogP contribution >= 0.6 is 0 Å². The normalized spacial score (nSPS) is 14.6. The standard InChI is InChI=1S/C16H20N2O6S/c1-11-5-6-13(8-12(11)2)25(22,23)17-9-16(21)24-10-15(20)18-7-3-4-14(18)19/h5-6,8,17H,3-4,7,9-10H2,1-2H3. The van der Waals surface area contributed by atoms with Crippen LogP contribution in [0.1, 0.15) is 24.0 Å². The van der Waals surface area contributed by atoms with Gasteiger partial charge in [0.05, 0.1) is 4.90 Å². The molecular weight excluding hydrogens is 348 g/mol. The highest BCUT2D eigenvalue weighted by molar-refractivity contribution is 7.89. The molecular formula is C16H20N2O6S. The Morgan fingerprint density at radius 1 is 1.24 bits per heavy atom. The average molecular weight is 368 g/mol. The van der Waals surface area contributed by atoms with Crippen LogP contribution in [0.5, 0.6) is 0 Å². The van der Waals surface area contributed by atoms with Crippen molar-refractivity contribution in [2.75, 3.05) is 19.7 Å². The zero-order chi connectivity index (χ0) is 18.6. The summed E-state index contributed by atoms with van der Waals surface area (Å²) in [6, 6.07) is 4.62. The van der Waals surface area contributed by atoms with Crippen molar-refractivity contribution in [1.82, 2.24) is 9.62 Å². The van der Waals surface area contributed by atoms with Gasteiger partial charge < -0.3 is 4.74 Å². The van der Waals surface area contributed by atoms with Crippen LogP contribution in [0.25, 0.3) is 0 Å². The van der Waals surface area contributed by atoms with Gasteiger partial charge in [0.25, 0.3) is 5.91 Å². The summed E-state index contributed by atoms with van der Waals surface area (Å²) in [5.74, 6) is -1.79. The topological polar surface area (TPSA) is 110 Å². The van der Waals surface area contributed by atoms with Gasteiger partial charge in [0.1, 0.15) is 6.54 Å². The van der Waals surface area contributed by atoms with Crippen molar-refractivity contribution in [3.63, 3.8) is 0 Å². The predicted octanol–water partition coefficient (Wildman–Crippen LogP) is 0.274. The fourth-order valence-corrected chi connectivity index (χ4v) is 3.36. The number of rotatable bonds is 6. The Kier molecular flexibility index (Phi) is 5.91. The lowest BCUT2D eigenvalue weighted by atomic mass is 10.1. The second kappa shape index (κ2) is 7.75. The molecule has 0 bridgehead atoms. The van der Waals surface area contributed by atoms with E-state index in [1.807, 2.05) is 6.92 Å². The smallest absolute Gasteiger partial charge is 0.321 e. The van der Waals surface area contributed by atoms with Gasteiger partial charge >= 0.3 is 5.97 Å². The van der Waals surface area contributed by atoms with Crippen LogP contribution in [0.15, 0.2) is 23.1 Å². The molecule has 0 aliphatic carbocycles. The number of sulfonamides is 1. The van der Waals surface area contributed by atoms with Crippen molar-refractivity contribution in [3.05, 3.63) is 29.3 Å². The molecule has 1 aliphatic rings. The Bertz CT molecular complexity index is 803. The molecule has 1 aliphatic heterocycles. The number of benzene rings is 1. The maximum atomic E-state index is 12.2. The molecule has 1 heterocycles. The Morgan fingerprint density at radius 2 is 1.96 bits per heavy atom. The molecule has 1 aromatic carbocycles. The number of nitrogens with zero attached hydrogens (tertiary/aromatic N) is 1. The largest absolute Gasteiger partial charge is 0.455 e. The number of hydrogen-bond acceptors (Lipinski definition) is 6. The third-order valence-electron chi connectivity index (χ3n) is 3.93. The molecule has 136 valence electrons. The Labute approximate surface area is 146 Å². The van der Waals surface area contributed by atoms with Gasteiger partial charge in [-0.05, 0) is 43.5 Å². The molecule has 9 heteroatoms. The van der Waals surface area contributed by atoms with Crippen molar-refractivity contribution < 1.29 is 27.5 Å². The van der Waals surface area contributed by atoms with Gasteiger partial charge in [-0.3, -0.25) is 19.3 Å². The number of esters is 1. The van der Waals surface area contributed by atoms with Crippen LogP contribution in [0.3, 0.4) is 0 Å². The van der Waals surface area contributed by atoms with Crippen LogP contribution in [-0.4, -0.2) is 50.8 Å². The first kappa shape index (κ1) is 19.1. The summed E-state index contributed by atoms with van der Waals surface area (Å²) in [6.07, 6.45) is 0.893. The molecule has 8 nitrogen and oxygen atoms in total. The first-order chi connectivity index (χ1) is 11.7. The summed E-state index contributed by atoms with van der Waals surface area (Å²) in [7, 11) is -3.86. The lowest BCUT2D eigenvalue weighted by molar-refractivity contribution is -0.153. The number of amides is 2. The van der Waals surface area contributed by atoms with Crippen LogP contribution in [-0.2, 0) is 29.1 Å². The summed E-state index contributed by atoms with van der Waals surface area (Å²) in [5.41, 5.74) is 1.76. The molecule has 0 spiro atoms. The highest BCUT2D eigenvalue weighted by Crippen LogP contribution is 2.14. The summed E-state index contributed by atoms with van der Waals surface area (Å²) >= 11 is 0. The number of imide groups is 1. The van der Waals surface area contributed by atoms with Crippen molar-refractivity contribution in [1.29, 1.82) is 0 Å². The molecule has 0 atom stereocenters. The van der Waals surface area contributed by atoms with E-state index in [-0.39, 0.29) is 10.8 Å². The van der Waals surface area contributed by atoms with Crippen molar-refractivity contribution in [3.8, 4) is 0 Å². The summed E-state index contributed by atoms with van der Waals surface area (Å²) in [6.45, 7) is 2.77. The minimum absolute atomic E-state index is 0.0436. The molecule has 0 aromatic heterocycles. The van der Waals surface area contributed by atoms with E-state index in [9.17, 15) is 22.8 Å². The fourth-order valence-electron chi connectivity index (χ4n) is 2.30. The fraction of sp³-hybridized carbons (Fsp3) is 0.438. The van der Waals surface area contributed by atoms with Gasteiger partial charge in [0, 0.05) is 13.0 Å². The molecule has 2 amide bonds. The summed E-state index contributed by atoms with van der Waals surface area (Å²) in [5, 5.41) is 0. The summed E-state index contributed by atoms with van der Waals surface area (Å²) in [4.78, 5) is 35.9. The average Bonchev–Trinajstić information content (AvgIpc) is 2.99. The third kappa shape index (κ3) is 4.86. The van der Waals surface area contributed by atoms with Crippen LogP contribution in [0.2, 0.25) is 0 Å². The maximum Gasteiger partial charge on any atom is 0.321 e. The van der Waals surface area contributed by atoms with Gasteiger partial charge in [-0.15, -0.1) is 0 Å². The van der Waals surface area contributed by atoms with E-state index in [0.29, 0.717) is 19.4 Å². The monoisotopic (exact) mass is 368 g/mol. The first-order valence-electron chi connectivity index (χ1n) is 7.76. The number of carbonyl (C=O) groups excluding carboxylic acids is 3. The molecule has 1 fully saturated rings. The molecule has 0 saturated carbocycles. The molecule has 0 unspecified atom stereocenters. The molecule has 1 aromatic rings. The van der Waals surface area contributed by atoms with E-state index in [1.54, 1.807) is 13.0 Å². The van der Waals surface area contributed by atoms with Crippen LogP contribution in [0, 0.1) is 13.8 Å². The second-order valence-corrected chi connectivity index (χ2v) is 7.54. The second-order valence-electron chi connectivity index (χ2n) is 5.77. The number of hydrogen-bond donors (Lipinski definition) is 1. The highest BCUT2D eigenvalue weighted by Gasteiger charge is 2.27. The predicted molar refractivity (Wildman–Crippen MR) is 88.0 cm³/mol. The van der Waals surface area contributed by atoms with Crippen LogP contribution in [0.4, 0.5) is 0 Å². The van der Waals surface area contributed by atoms with Crippen molar-refractivity contribution in [2.45, 2.75) is 31.6 Å². The van der Waals surface area contributed by atoms with Gasteiger partial charge in [-0.25, -0.2) is 8.42 Å². The lowest BCUT2D eigenvalue weighted by Crippen LogP contribution is -2.37. The number of likely N-dealkylation sites (tertiary alicyclic amines) is 1.